The van der Waals surface area contributed by atoms with E-state index < -0.39 is 0 Å². The first-order valence-corrected chi connectivity index (χ1v) is 9.62. The molecule has 0 spiro atoms. The molecule has 0 aliphatic heterocycles. The monoisotopic (exact) mass is 421 g/mol. The van der Waals surface area contributed by atoms with E-state index in [1.807, 2.05) is 19.9 Å². The summed E-state index contributed by atoms with van der Waals surface area (Å²) < 4.78 is 8.47. The van der Waals surface area contributed by atoms with Gasteiger partial charge in [-0.05, 0) is 38.5 Å². The fraction of sp³-hybridized carbons (Fsp3) is 0.350. The highest BCUT2D eigenvalue weighted by Gasteiger charge is 2.17. The van der Waals surface area contributed by atoms with Gasteiger partial charge in [0.2, 0.25) is 0 Å². The van der Waals surface area contributed by atoms with Gasteiger partial charge in [0.1, 0.15) is 0 Å². The van der Waals surface area contributed by atoms with Gasteiger partial charge in [-0.25, -0.2) is 4.98 Å². The Bertz CT molecular complexity index is 1100. The second kappa shape index (κ2) is 8.47. The molecule has 0 N–H and O–H groups in total. The van der Waals surface area contributed by atoms with Crippen LogP contribution >= 0.6 is 23.2 Å². The lowest BCUT2D eigenvalue weighted by Crippen LogP contribution is -2.25. The van der Waals surface area contributed by atoms with Gasteiger partial charge in [-0.15, -0.1) is 0 Å². The lowest BCUT2D eigenvalue weighted by Gasteiger charge is -2.10. The largest absolute Gasteiger partial charge is 0.385 e. The number of methoxy groups -OCH3 is 1. The second-order valence-electron chi connectivity index (χ2n) is 6.67. The molecule has 0 fully saturated rings. The van der Waals surface area contributed by atoms with E-state index in [4.69, 9.17) is 27.9 Å². The molecule has 0 aliphatic carbocycles. The molecule has 0 atom stereocenters. The zero-order chi connectivity index (χ0) is 20.4. The molecule has 148 valence electrons. The molecule has 8 heteroatoms. The quantitative estimate of drug-likeness (QED) is 0.426. The molecule has 2 heterocycles. The molecule has 0 amide bonds. The number of carbonyl (C=O) groups is 1. The van der Waals surface area contributed by atoms with Gasteiger partial charge in [-0.2, -0.15) is 0 Å². The zero-order valence-electron chi connectivity index (χ0n) is 16.0. The van der Waals surface area contributed by atoms with Crippen LogP contribution in [0.25, 0.3) is 10.9 Å². The lowest BCUT2D eigenvalue weighted by atomic mass is 10.1. The van der Waals surface area contributed by atoms with Crippen LogP contribution in [-0.4, -0.2) is 33.6 Å². The third kappa shape index (κ3) is 3.99. The first kappa shape index (κ1) is 20.6. The Labute approximate surface area is 172 Å². The SMILES string of the molecule is COCCCn1c(C)cc(C(=O)Cn2cnc3c(Cl)cc(Cl)cc3c2=O)c1C. The number of aryl methyl sites for hydroxylation is 1. The summed E-state index contributed by atoms with van der Waals surface area (Å²) in [6.45, 7) is 5.20. The van der Waals surface area contributed by atoms with E-state index in [0.717, 1.165) is 24.4 Å². The van der Waals surface area contributed by atoms with Crippen molar-refractivity contribution in [3.63, 3.8) is 0 Å². The number of ether oxygens (including phenoxy) is 1. The van der Waals surface area contributed by atoms with Crippen molar-refractivity contribution >= 4 is 39.9 Å². The number of aromatic nitrogens is 3. The van der Waals surface area contributed by atoms with E-state index in [1.165, 1.54) is 23.0 Å². The number of ketones is 1. The standard InChI is InChI=1S/C20H21Cl2N3O3/c1-12-7-15(13(2)25(12)5-4-6-28-3)18(26)10-24-11-23-19-16(20(24)27)8-14(21)9-17(19)22/h7-9,11H,4-6,10H2,1-3H3. The Kier molecular flexibility index (Phi) is 6.23. The van der Waals surface area contributed by atoms with E-state index in [9.17, 15) is 9.59 Å². The van der Waals surface area contributed by atoms with Crippen LogP contribution in [0.4, 0.5) is 0 Å². The summed E-state index contributed by atoms with van der Waals surface area (Å²) in [7, 11) is 1.67. The summed E-state index contributed by atoms with van der Waals surface area (Å²) >= 11 is 12.1. The van der Waals surface area contributed by atoms with E-state index in [1.54, 1.807) is 7.11 Å². The molecular formula is C20H21Cl2N3O3. The topological polar surface area (TPSA) is 66.1 Å². The third-order valence-electron chi connectivity index (χ3n) is 4.76. The fourth-order valence-corrected chi connectivity index (χ4v) is 3.88. The molecule has 0 aliphatic rings. The molecule has 0 unspecified atom stereocenters. The molecule has 0 bridgehead atoms. The number of Topliss-reactive ketones (excluding diaryl/α,β-unsaturated/α-hetero) is 1. The Hall–Kier alpha value is -2.15. The van der Waals surface area contributed by atoms with Crippen LogP contribution in [0.1, 0.15) is 28.2 Å². The third-order valence-corrected chi connectivity index (χ3v) is 5.27. The zero-order valence-corrected chi connectivity index (χ0v) is 17.5. The minimum Gasteiger partial charge on any atom is -0.385 e. The predicted octanol–water partition coefficient (Wildman–Crippen LogP) is 4.04. The number of rotatable bonds is 7. The van der Waals surface area contributed by atoms with Crippen molar-refractivity contribution in [2.24, 2.45) is 0 Å². The molecule has 1 aromatic carbocycles. The van der Waals surface area contributed by atoms with Crippen LogP contribution in [0.15, 0.2) is 29.3 Å². The van der Waals surface area contributed by atoms with Crippen LogP contribution in [0.2, 0.25) is 10.0 Å². The summed E-state index contributed by atoms with van der Waals surface area (Å²) in [5.41, 5.74) is 2.50. The predicted molar refractivity (Wildman–Crippen MR) is 111 cm³/mol. The Balaban J connectivity index is 1.91. The molecule has 6 nitrogen and oxygen atoms in total. The molecule has 0 saturated heterocycles. The van der Waals surface area contributed by atoms with Gasteiger partial charge < -0.3 is 9.30 Å². The van der Waals surface area contributed by atoms with Crippen LogP contribution in [-0.2, 0) is 17.8 Å². The highest BCUT2D eigenvalue weighted by molar-refractivity contribution is 6.38. The number of hydrogen-bond donors (Lipinski definition) is 0. The average molecular weight is 422 g/mol. The van der Waals surface area contributed by atoms with Crippen molar-refractivity contribution in [2.75, 3.05) is 13.7 Å². The van der Waals surface area contributed by atoms with Crippen LogP contribution in [0, 0.1) is 13.8 Å². The minimum absolute atomic E-state index is 0.103. The smallest absolute Gasteiger partial charge is 0.261 e. The molecule has 0 saturated carbocycles. The molecular weight excluding hydrogens is 401 g/mol. The van der Waals surface area contributed by atoms with Gasteiger partial charge >= 0.3 is 0 Å². The molecule has 0 radical (unpaired) electrons. The number of halogens is 2. The van der Waals surface area contributed by atoms with Crippen molar-refractivity contribution < 1.29 is 9.53 Å². The summed E-state index contributed by atoms with van der Waals surface area (Å²) in [6.07, 6.45) is 2.20. The van der Waals surface area contributed by atoms with Crippen LogP contribution in [0.5, 0.6) is 0 Å². The maximum absolute atomic E-state index is 12.9. The maximum atomic E-state index is 12.9. The Morgan fingerprint density at radius 1 is 1.21 bits per heavy atom. The van der Waals surface area contributed by atoms with Gasteiger partial charge in [-0.1, -0.05) is 23.2 Å². The van der Waals surface area contributed by atoms with Gasteiger partial charge in [0.15, 0.2) is 5.78 Å². The maximum Gasteiger partial charge on any atom is 0.261 e. The number of fused-ring (bicyclic) bond motifs is 1. The summed E-state index contributed by atoms with van der Waals surface area (Å²) in [6, 6.07) is 4.91. The molecule has 28 heavy (non-hydrogen) atoms. The molecule has 3 aromatic rings. The molecule has 3 rings (SSSR count). The van der Waals surface area contributed by atoms with E-state index in [-0.39, 0.29) is 23.3 Å². The van der Waals surface area contributed by atoms with E-state index in [2.05, 4.69) is 9.55 Å². The van der Waals surface area contributed by atoms with Crippen molar-refractivity contribution in [3.05, 3.63) is 61.9 Å². The van der Waals surface area contributed by atoms with Gasteiger partial charge in [0.05, 0.1) is 28.8 Å². The van der Waals surface area contributed by atoms with Gasteiger partial charge in [0.25, 0.3) is 5.56 Å². The minimum atomic E-state index is -0.350. The normalized spacial score (nSPS) is 11.3. The van der Waals surface area contributed by atoms with Crippen LogP contribution < -0.4 is 5.56 Å². The summed E-state index contributed by atoms with van der Waals surface area (Å²) in [4.78, 5) is 29.9. The van der Waals surface area contributed by atoms with Crippen molar-refractivity contribution in [1.82, 2.24) is 14.1 Å². The highest BCUT2D eigenvalue weighted by atomic mass is 35.5. The van der Waals surface area contributed by atoms with E-state index >= 15 is 0 Å². The average Bonchev–Trinajstić information content (AvgIpc) is 2.93. The Morgan fingerprint density at radius 2 is 1.96 bits per heavy atom. The first-order chi connectivity index (χ1) is 13.3. The molecule has 2 aromatic heterocycles. The number of carbonyl (C=O) groups excluding carboxylic acids is 1. The number of hydrogen-bond acceptors (Lipinski definition) is 4. The number of nitrogens with zero attached hydrogens (tertiary/aromatic N) is 3. The summed E-state index contributed by atoms with van der Waals surface area (Å²) in [5, 5.41) is 0.940. The second-order valence-corrected chi connectivity index (χ2v) is 7.51. The van der Waals surface area contributed by atoms with Gasteiger partial charge in [-0.3, -0.25) is 14.2 Å². The van der Waals surface area contributed by atoms with E-state index in [0.29, 0.717) is 27.7 Å². The fourth-order valence-electron chi connectivity index (χ4n) is 3.34. The van der Waals surface area contributed by atoms with Gasteiger partial charge in [0, 0.05) is 42.2 Å². The summed E-state index contributed by atoms with van der Waals surface area (Å²) in [5.74, 6) is -0.150. The highest BCUT2D eigenvalue weighted by Crippen LogP contribution is 2.24. The van der Waals surface area contributed by atoms with Crippen molar-refractivity contribution in [3.8, 4) is 0 Å². The van der Waals surface area contributed by atoms with Crippen LogP contribution in [0.3, 0.4) is 0 Å². The Morgan fingerprint density at radius 3 is 2.68 bits per heavy atom. The lowest BCUT2D eigenvalue weighted by molar-refractivity contribution is 0.0970. The van der Waals surface area contributed by atoms with Crippen molar-refractivity contribution in [2.45, 2.75) is 33.4 Å². The first-order valence-electron chi connectivity index (χ1n) is 8.86. The van der Waals surface area contributed by atoms with Crippen molar-refractivity contribution in [1.29, 1.82) is 0 Å². The number of benzene rings is 1.